The predicted octanol–water partition coefficient (Wildman–Crippen LogP) is 4.93. The van der Waals surface area contributed by atoms with Crippen LogP contribution in [0.1, 0.15) is 53.4 Å². The maximum atomic E-state index is 13.2. The second-order valence-corrected chi connectivity index (χ2v) is 10.6. The van der Waals surface area contributed by atoms with Crippen LogP contribution in [-0.2, 0) is 11.3 Å². The topological polar surface area (TPSA) is 80.1 Å². The number of carbonyl (C=O) groups excluding carboxylic acids is 2. The van der Waals surface area contributed by atoms with E-state index in [4.69, 9.17) is 11.6 Å². The minimum absolute atomic E-state index is 0.172. The van der Waals surface area contributed by atoms with E-state index in [-0.39, 0.29) is 34.3 Å². The summed E-state index contributed by atoms with van der Waals surface area (Å²) in [6, 6.07) is 7.77. The maximum absolute atomic E-state index is 13.2. The van der Waals surface area contributed by atoms with Crippen molar-refractivity contribution in [2.45, 2.75) is 39.7 Å². The Bertz CT molecular complexity index is 1420. The van der Waals surface area contributed by atoms with Gasteiger partial charge in [-0.25, -0.2) is 9.37 Å². The molecule has 2 fully saturated rings. The summed E-state index contributed by atoms with van der Waals surface area (Å²) in [5.74, 6) is 6.78. The van der Waals surface area contributed by atoms with E-state index in [0.29, 0.717) is 36.0 Å². The van der Waals surface area contributed by atoms with Crippen molar-refractivity contribution in [3.05, 3.63) is 75.9 Å². The van der Waals surface area contributed by atoms with E-state index in [1.54, 1.807) is 23.0 Å². The van der Waals surface area contributed by atoms with Crippen molar-refractivity contribution < 1.29 is 14.0 Å². The molecule has 2 amide bonds. The number of aryl methyl sites for hydroxylation is 1. The summed E-state index contributed by atoms with van der Waals surface area (Å²) in [5, 5.41) is 7.46. The molecule has 5 rings (SSSR count). The average Bonchev–Trinajstić information content (AvgIpc) is 3.53. The number of hydrogen-bond donors (Lipinski definition) is 1. The number of nitrogens with one attached hydrogen (secondary N) is 1. The highest BCUT2D eigenvalue weighted by Crippen LogP contribution is 2.40. The molecule has 1 aromatic carbocycles. The fourth-order valence-electron chi connectivity index (χ4n) is 4.90. The van der Waals surface area contributed by atoms with Crippen LogP contribution >= 0.6 is 11.6 Å². The summed E-state index contributed by atoms with van der Waals surface area (Å²) < 4.78 is 14.7. The van der Waals surface area contributed by atoms with Gasteiger partial charge in [0.25, 0.3) is 5.91 Å². The Hall–Kier alpha value is -3.70. The number of pyridine rings is 1. The molecule has 0 spiro atoms. The largest absolute Gasteiger partial charge is 0.342 e. The van der Waals surface area contributed by atoms with Crippen LogP contribution in [0.5, 0.6) is 0 Å². The molecular formula is C29H29ClFN5O2. The quantitative estimate of drug-likeness (QED) is 0.472. The molecular weight excluding hydrogens is 505 g/mol. The second-order valence-electron chi connectivity index (χ2n) is 10.2. The van der Waals surface area contributed by atoms with Crippen LogP contribution in [0.25, 0.3) is 0 Å². The van der Waals surface area contributed by atoms with Gasteiger partial charge in [0.2, 0.25) is 5.91 Å². The van der Waals surface area contributed by atoms with Crippen LogP contribution in [0.4, 0.5) is 10.2 Å². The number of carbonyl (C=O) groups is 2. The van der Waals surface area contributed by atoms with E-state index in [1.165, 1.54) is 18.3 Å². The van der Waals surface area contributed by atoms with E-state index in [0.717, 1.165) is 31.4 Å². The van der Waals surface area contributed by atoms with Gasteiger partial charge in [-0.3, -0.25) is 14.3 Å². The summed E-state index contributed by atoms with van der Waals surface area (Å²) in [7, 11) is 0. The van der Waals surface area contributed by atoms with Crippen LogP contribution in [0.2, 0.25) is 5.02 Å². The van der Waals surface area contributed by atoms with E-state index >= 15 is 0 Å². The number of aromatic nitrogens is 3. The summed E-state index contributed by atoms with van der Waals surface area (Å²) >= 11 is 6.37. The van der Waals surface area contributed by atoms with Gasteiger partial charge in [-0.05, 0) is 73.9 Å². The highest BCUT2D eigenvalue weighted by molar-refractivity contribution is 6.34. The molecule has 2 aliphatic rings. The first kappa shape index (κ1) is 25.9. The number of likely N-dealkylation sites (tertiary alicyclic amines) is 1. The normalized spacial score (nSPS) is 20.4. The van der Waals surface area contributed by atoms with Gasteiger partial charge in [0.1, 0.15) is 17.3 Å². The highest BCUT2D eigenvalue weighted by atomic mass is 35.5. The monoisotopic (exact) mass is 533 g/mol. The molecule has 38 heavy (non-hydrogen) atoms. The maximum Gasteiger partial charge on any atom is 0.276 e. The zero-order chi connectivity index (χ0) is 26.8. The molecule has 9 heteroatoms. The Morgan fingerprint density at radius 1 is 1.18 bits per heavy atom. The molecule has 3 atom stereocenters. The minimum atomic E-state index is -0.399. The van der Waals surface area contributed by atoms with Gasteiger partial charge in [-0.2, -0.15) is 5.10 Å². The van der Waals surface area contributed by atoms with Crippen molar-refractivity contribution in [1.82, 2.24) is 19.7 Å². The number of benzene rings is 1. The van der Waals surface area contributed by atoms with Gasteiger partial charge >= 0.3 is 0 Å². The third-order valence-electron chi connectivity index (χ3n) is 7.20. The average molecular weight is 534 g/mol. The number of amides is 2. The third-order valence-corrected chi connectivity index (χ3v) is 7.48. The molecule has 1 aliphatic carbocycles. The smallest absolute Gasteiger partial charge is 0.276 e. The zero-order valence-corrected chi connectivity index (χ0v) is 22.1. The molecule has 0 bridgehead atoms. The summed E-state index contributed by atoms with van der Waals surface area (Å²) in [5.41, 5.74) is 2.37. The number of anilines is 1. The van der Waals surface area contributed by atoms with Crippen LogP contribution in [-0.4, -0.2) is 44.6 Å². The van der Waals surface area contributed by atoms with E-state index < -0.39 is 5.91 Å². The Balaban J connectivity index is 1.25. The van der Waals surface area contributed by atoms with Gasteiger partial charge in [-0.15, -0.1) is 0 Å². The number of hydrogen-bond acceptors (Lipinski definition) is 4. The first-order valence-electron chi connectivity index (χ1n) is 12.8. The molecule has 196 valence electrons. The number of piperidine rings is 1. The number of halogens is 2. The third kappa shape index (κ3) is 5.89. The Morgan fingerprint density at radius 3 is 2.63 bits per heavy atom. The fraction of sp³-hybridized carbons (Fsp3) is 0.379. The second kappa shape index (κ2) is 11.0. The van der Waals surface area contributed by atoms with Crippen molar-refractivity contribution in [1.29, 1.82) is 0 Å². The fourth-order valence-corrected chi connectivity index (χ4v) is 5.13. The lowest BCUT2D eigenvalue weighted by Gasteiger charge is -2.33. The molecule has 0 radical (unpaired) electrons. The Morgan fingerprint density at radius 2 is 1.92 bits per heavy atom. The molecule has 2 aromatic heterocycles. The van der Waals surface area contributed by atoms with Crippen molar-refractivity contribution in [3.8, 4) is 11.8 Å². The van der Waals surface area contributed by atoms with E-state index in [1.807, 2.05) is 17.9 Å². The zero-order valence-electron chi connectivity index (χ0n) is 21.4. The van der Waals surface area contributed by atoms with Crippen molar-refractivity contribution in [3.63, 3.8) is 0 Å². The first-order chi connectivity index (χ1) is 18.3. The van der Waals surface area contributed by atoms with Crippen LogP contribution < -0.4 is 5.32 Å². The lowest BCUT2D eigenvalue weighted by molar-refractivity contribution is -0.134. The summed E-state index contributed by atoms with van der Waals surface area (Å²) in [4.78, 5) is 32.3. The SMILES string of the molecule is Cc1cc(C#Cc2ccc(F)cc2)cnc1NC(=O)c1c(Cl)cnn1CC1CCCN(C(=O)C2CC2C)C1. The van der Waals surface area contributed by atoms with Crippen molar-refractivity contribution >= 4 is 29.2 Å². The van der Waals surface area contributed by atoms with Gasteiger partial charge in [0.05, 0.1) is 11.2 Å². The van der Waals surface area contributed by atoms with Crippen LogP contribution in [0.15, 0.2) is 42.7 Å². The molecule has 3 unspecified atom stereocenters. The van der Waals surface area contributed by atoms with Gasteiger partial charge in [0.15, 0.2) is 0 Å². The lowest BCUT2D eigenvalue weighted by Crippen LogP contribution is -2.42. The standard InChI is InChI=1S/C29H29ClFN5O2/c1-18-13-24(18)29(38)35-11-3-4-22(16-35)17-36-26(25(30)15-33-36)28(37)34-27-19(2)12-21(14-32-27)6-5-20-7-9-23(31)10-8-20/h7-10,12,14-15,18,22,24H,3-4,11,13,16-17H2,1-2H3,(H,32,34,37). The molecule has 1 aliphatic heterocycles. The van der Waals surface area contributed by atoms with Crippen LogP contribution in [0.3, 0.4) is 0 Å². The van der Waals surface area contributed by atoms with Crippen molar-refractivity contribution in [2.75, 3.05) is 18.4 Å². The Kier molecular flexibility index (Phi) is 7.48. The highest BCUT2D eigenvalue weighted by Gasteiger charge is 2.42. The first-order valence-corrected chi connectivity index (χ1v) is 13.2. The van der Waals surface area contributed by atoms with Gasteiger partial charge in [0, 0.05) is 42.9 Å². The predicted molar refractivity (Wildman–Crippen MR) is 143 cm³/mol. The molecule has 1 saturated carbocycles. The molecule has 3 heterocycles. The van der Waals surface area contributed by atoms with E-state index in [9.17, 15) is 14.0 Å². The van der Waals surface area contributed by atoms with Gasteiger partial charge in [-0.1, -0.05) is 30.4 Å². The Labute approximate surface area is 226 Å². The summed E-state index contributed by atoms with van der Waals surface area (Å²) in [6.07, 6.45) is 5.93. The van der Waals surface area contributed by atoms with Crippen molar-refractivity contribution in [2.24, 2.45) is 17.8 Å². The van der Waals surface area contributed by atoms with Crippen LogP contribution in [0, 0.1) is 42.3 Å². The molecule has 7 nitrogen and oxygen atoms in total. The summed E-state index contributed by atoms with van der Waals surface area (Å²) in [6.45, 7) is 5.91. The molecule has 1 N–H and O–H groups in total. The number of rotatable bonds is 5. The van der Waals surface area contributed by atoms with E-state index in [2.05, 4.69) is 34.2 Å². The molecule has 3 aromatic rings. The number of nitrogens with zero attached hydrogens (tertiary/aromatic N) is 4. The lowest BCUT2D eigenvalue weighted by atomic mass is 9.97. The molecule has 1 saturated heterocycles. The minimum Gasteiger partial charge on any atom is -0.342 e. The van der Waals surface area contributed by atoms with Gasteiger partial charge < -0.3 is 10.2 Å².